The molecule has 0 saturated carbocycles. The lowest BCUT2D eigenvalue weighted by molar-refractivity contribution is -0.141. The van der Waals surface area contributed by atoms with Crippen molar-refractivity contribution in [2.75, 3.05) is 23.9 Å². The van der Waals surface area contributed by atoms with Gasteiger partial charge in [0.1, 0.15) is 10.7 Å². The molecule has 0 rings (SSSR count). The first-order valence-corrected chi connectivity index (χ1v) is 7.29. The second-order valence-corrected chi connectivity index (χ2v) is 3.77. The minimum absolute atomic E-state index is 0.177. The van der Waals surface area contributed by atoms with E-state index < -0.39 is 0 Å². The number of carbonyl (C=O) groups is 2. The van der Waals surface area contributed by atoms with Crippen molar-refractivity contribution in [3.8, 4) is 0 Å². The van der Waals surface area contributed by atoms with Crippen LogP contribution in [-0.4, -0.2) is 35.8 Å². The molecule has 0 aliphatic rings. The maximum absolute atomic E-state index is 10.4. The van der Waals surface area contributed by atoms with Gasteiger partial charge < -0.3 is 9.47 Å². The summed E-state index contributed by atoms with van der Waals surface area (Å²) < 4.78 is 9.25. The van der Waals surface area contributed by atoms with E-state index in [1.807, 2.05) is 0 Å². The fraction of sp³-hybridized carbons (Fsp3) is 0.800. The third kappa shape index (κ3) is 16.3. The Labute approximate surface area is 113 Å². The van der Waals surface area contributed by atoms with Gasteiger partial charge in [-0.25, -0.2) is 0 Å². The number of rotatable bonds is 6. The standard InChI is InChI=1S/C6H11BrO2.C4H7BrO2/c1-2-3-4-9-6(8)5-7;1-2-7-4(6)3-5/h2-5H2,1H3;2-3H2,1H3. The number of hydrogen-bond acceptors (Lipinski definition) is 4. The summed E-state index contributed by atoms with van der Waals surface area (Å²) in [7, 11) is 0. The monoisotopic (exact) mass is 360 g/mol. The number of hydrogen-bond donors (Lipinski definition) is 0. The van der Waals surface area contributed by atoms with Gasteiger partial charge in [0.2, 0.25) is 0 Å². The zero-order chi connectivity index (χ0) is 12.8. The summed E-state index contributed by atoms with van der Waals surface area (Å²) in [5.74, 6) is -0.383. The molecule has 0 fully saturated rings. The van der Waals surface area contributed by atoms with Gasteiger partial charge in [-0.1, -0.05) is 45.2 Å². The fourth-order valence-corrected chi connectivity index (χ4v) is 0.892. The van der Waals surface area contributed by atoms with Gasteiger partial charge >= 0.3 is 11.9 Å². The molecule has 0 aliphatic carbocycles. The topological polar surface area (TPSA) is 52.6 Å². The predicted molar refractivity (Wildman–Crippen MR) is 70.1 cm³/mol. The van der Waals surface area contributed by atoms with Crippen LogP contribution in [0.15, 0.2) is 0 Å². The van der Waals surface area contributed by atoms with Gasteiger partial charge in [0, 0.05) is 0 Å². The van der Waals surface area contributed by atoms with E-state index in [1.54, 1.807) is 6.92 Å². The number of halogens is 2. The van der Waals surface area contributed by atoms with Crippen molar-refractivity contribution in [3.05, 3.63) is 0 Å². The highest BCUT2D eigenvalue weighted by Gasteiger charge is 1.95. The second kappa shape index (κ2) is 14.9. The molecule has 0 aromatic rings. The highest BCUT2D eigenvalue weighted by molar-refractivity contribution is 9.09. The molecule has 96 valence electrons. The third-order valence-electron chi connectivity index (χ3n) is 1.28. The molecule has 0 heterocycles. The highest BCUT2D eigenvalue weighted by atomic mass is 79.9. The summed E-state index contributed by atoms with van der Waals surface area (Å²) >= 11 is 5.93. The molecule has 6 heteroatoms. The van der Waals surface area contributed by atoms with Crippen LogP contribution in [0.4, 0.5) is 0 Å². The van der Waals surface area contributed by atoms with Crippen LogP contribution in [0.5, 0.6) is 0 Å². The largest absolute Gasteiger partial charge is 0.465 e. The van der Waals surface area contributed by atoms with E-state index in [2.05, 4.69) is 43.5 Å². The summed E-state index contributed by atoms with van der Waals surface area (Å²) in [4.78, 5) is 20.6. The minimum Gasteiger partial charge on any atom is -0.465 e. The van der Waals surface area contributed by atoms with Crippen molar-refractivity contribution in [1.82, 2.24) is 0 Å². The summed E-state index contributed by atoms with van der Waals surface area (Å²) in [5.41, 5.74) is 0. The molecule has 0 aromatic carbocycles. The fourth-order valence-electron chi connectivity index (χ4n) is 0.568. The Kier molecular flexibility index (Phi) is 17.0. The van der Waals surface area contributed by atoms with Gasteiger partial charge in [0.05, 0.1) is 13.2 Å². The van der Waals surface area contributed by atoms with Crippen molar-refractivity contribution in [2.24, 2.45) is 0 Å². The average molecular weight is 362 g/mol. The maximum atomic E-state index is 10.4. The molecule has 0 saturated heterocycles. The first-order valence-electron chi connectivity index (χ1n) is 5.05. The van der Waals surface area contributed by atoms with Gasteiger partial charge in [0.15, 0.2) is 0 Å². The van der Waals surface area contributed by atoms with Crippen LogP contribution in [-0.2, 0) is 19.1 Å². The summed E-state index contributed by atoms with van der Waals surface area (Å²) in [6, 6.07) is 0. The Morgan fingerprint density at radius 1 is 1.00 bits per heavy atom. The molecule has 4 nitrogen and oxygen atoms in total. The second-order valence-electron chi connectivity index (χ2n) is 2.65. The van der Waals surface area contributed by atoms with Crippen molar-refractivity contribution >= 4 is 43.8 Å². The minimum atomic E-state index is -0.206. The summed E-state index contributed by atoms with van der Waals surface area (Å²) in [6.07, 6.45) is 2.02. The zero-order valence-corrected chi connectivity index (χ0v) is 12.8. The SMILES string of the molecule is CCCCOC(=O)CBr.CCOC(=O)CBr. The zero-order valence-electron chi connectivity index (χ0n) is 9.63. The lowest BCUT2D eigenvalue weighted by Gasteiger charge is -1.98. The molecule has 0 aliphatic heterocycles. The van der Waals surface area contributed by atoms with E-state index in [1.165, 1.54) is 0 Å². The molecule has 0 bridgehead atoms. The van der Waals surface area contributed by atoms with E-state index in [0.717, 1.165) is 12.8 Å². The lowest BCUT2D eigenvalue weighted by Crippen LogP contribution is -2.05. The van der Waals surface area contributed by atoms with E-state index in [4.69, 9.17) is 4.74 Å². The smallest absolute Gasteiger partial charge is 0.316 e. The van der Waals surface area contributed by atoms with Gasteiger partial charge in [0.25, 0.3) is 0 Å². The van der Waals surface area contributed by atoms with Crippen LogP contribution in [0.3, 0.4) is 0 Å². The first-order chi connectivity index (χ1) is 7.62. The van der Waals surface area contributed by atoms with Gasteiger partial charge in [-0.3, -0.25) is 9.59 Å². The number of ether oxygens (including phenoxy) is 2. The molecule has 0 radical (unpaired) electrons. The number of carbonyl (C=O) groups excluding carboxylic acids is 2. The Balaban J connectivity index is 0. The normalized spacial score (nSPS) is 8.75. The molecule has 0 N–H and O–H groups in total. The van der Waals surface area contributed by atoms with E-state index >= 15 is 0 Å². The number of unbranched alkanes of at least 4 members (excludes halogenated alkanes) is 1. The van der Waals surface area contributed by atoms with Crippen molar-refractivity contribution in [2.45, 2.75) is 26.7 Å². The molecule has 0 amide bonds. The van der Waals surface area contributed by atoms with Crippen LogP contribution < -0.4 is 0 Å². The summed E-state index contributed by atoms with van der Waals surface area (Å²) in [6.45, 7) is 4.86. The summed E-state index contributed by atoms with van der Waals surface area (Å²) in [5, 5.41) is 0.595. The molecule has 0 spiro atoms. The molecule has 0 aromatic heterocycles. The van der Waals surface area contributed by atoms with Gasteiger partial charge in [-0.2, -0.15) is 0 Å². The highest BCUT2D eigenvalue weighted by Crippen LogP contribution is 1.90. The van der Waals surface area contributed by atoms with Crippen molar-refractivity contribution in [3.63, 3.8) is 0 Å². The average Bonchev–Trinajstić information content (AvgIpc) is 2.30. The first kappa shape index (κ1) is 18.3. The molecular formula is C10H18Br2O4. The van der Waals surface area contributed by atoms with Crippen LogP contribution in [0.25, 0.3) is 0 Å². The Hall–Kier alpha value is -0.100. The van der Waals surface area contributed by atoms with E-state index in [-0.39, 0.29) is 11.9 Å². The van der Waals surface area contributed by atoms with Gasteiger partial charge in [-0.05, 0) is 13.3 Å². The maximum Gasteiger partial charge on any atom is 0.316 e. The molecule has 0 atom stereocenters. The van der Waals surface area contributed by atoms with Crippen molar-refractivity contribution in [1.29, 1.82) is 0 Å². The third-order valence-corrected chi connectivity index (χ3v) is 2.20. The van der Waals surface area contributed by atoms with Crippen LogP contribution >= 0.6 is 31.9 Å². The molecular weight excluding hydrogens is 344 g/mol. The Morgan fingerprint density at radius 3 is 1.81 bits per heavy atom. The number of esters is 2. The quantitative estimate of drug-likeness (QED) is 0.414. The van der Waals surface area contributed by atoms with Gasteiger partial charge in [-0.15, -0.1) is 0 Å². The molecule has 0 unspecified atom stereocenters. The van der Waals surface area contributed by atoms with Crippen LogP contribution in [0.2, 0.25) is 0 Å². The Morgan fingerprint density at radius 2 is 1.50 bits per heavy atom. The molecule has 16 heavy (non-hydrogen) atoms. The van der Waals surface area contributed by atoms with E-state index in [9.17, 15) is 9.59 Å². The van der Waals surface area contributed by atoms with Crippen LogP contribution in [0.1, 0.15) is 26.7 Å². The van der Waals surface area contributed by atoms with E-state index in [0.29, 0.717) is 23.9 Å². The van der Waals surface area contributed by atoms with Crippen molar-refractivity contribution < 1.29 is 19.1 Å². The lowest BCUT2D eigenvalue weighted by atomic mass is 10.4. The Bertz CT molecular complexity index is 186. The predicted octanol–water partition coefficient (Wildman–Crippen LogP) is 2.67. The number of alkyl halides is 2. The van der Waals surface area contributed by atoms with Crippen LogP contribution in [0, 0.1) is 0 Å².